The molecule has 0 saturated heterocycles. The minimum atomic E-state index is -0.269. The van der Waals surface area contributed by atoms with Crippen molar-refractivity contribution in [3.05, 3.63) is 113 Å². The van der Waals surface area contributed by atoms with E-state index in [0.29, 0.717) is 30.9 Å². The number of hydrogen-bond acceptors (Lipinski definition) is 5. The summed E-state index contributed by atoms with van der Waals surface area (Å²) in [4.78, 5) is 22.0. The lowest BCUT2D eigenvalue weighted by Crippen LogP contribution is -2.25. The van der Waals surface area contributed by atoms with Crippen LogP contribution in [0.15, 0.2) is 85.1 Å². The third-order valence-electron chi connectivity index (χ3n) is 5.35. The van der Waals surface area contributed by atoms with Gasteiger partial charge in [0.2, 0.25) is 0 Å². The van der Waals surface area contributed by atoms with Crippen LogP contribution in [0.25, 0.3) is 11.3 Å². The molecule has 172 valence electrons. The normalized spacial score (nSPS) is 10.6. The van der Waals surface area contributed by atoms with Crippen molar-refractivity contribution in [2.45, 2.75) is 19.5 Å². The Balaban J connectivity index is 1.52. The number of anilines is 1. The highest BCUT2D eigenvalue weighted by molar-refractivity contribution is 5.99. The van der Waals surface area contributed by atoms with Gasteiger partial charge in [0, 0.05) is 24.8 Å². The number of hydrogen-bond donors (Lipinski definition) is 3. The first-order valence-electron chi connectivity index (χ1n) is 11.1. The molecule has 4 rings (SSSR count). The number of halogens is 1. The minimum absolute atomic E-state index is 0.264. The summed E-state index contributed by atoms with van der Waals surface area (Å²) in [5, 5.41) is 6.17. The Morgan fingerprint density at radius 3 is 2.59 bits per heavy atom. The topological polar surface area (TPSA) is 92.9 Å². The third kappa shape index (κ3) is 6.02. The van der Waals surface area contributed by atoms with Gasteiger partial charge in [-0.05, 0) is 53.9 Å². The molecule has 34 heavy (non-hydrogen) atoms. The molecular formula is C27H26FN5O. The predicted molar refractivity (Wildman–Crippen MR) is 132 cm³/mol. The number of nitrogens with zero attached hydrogens (tertiary/aromatic N) is 2. The second kappa shape index (κ2) is 11.2. The number of pyridine rings is 2. The largest absolute Gasteiger partial charge is 0.369 e. The van der Waals surface area contributed by atoms with Gasteiger partial charge in [-0.3, -0.25) is 9.78 Å². The molecule has 1 amide bonds. The number of amides is 1. The van der Waals surface area contributed by atoms with Crippen LogP contribution in [-0.2, 0) is 19.5 Å². The zero-order valence-electron chi connectivity index (χ0n) is 18.7. The van der Waals surface area contributed by atoms with Crippen molar-refractivity contribution in [2.75, 3.05) is 11.9 Å². The Bertz CT molecular complexity index is 1260. The number of carbonyl (C=O) groups is 1. The fraction of sp³-hybridized carbons (Fsp3) is 0.148. The molecule has 6 nitrogen and oxygen atoms in total. The van der Waals surface area contributed by atoms with Crippen LogP contribution < -0.4 is 16.4 Å². The van der Waals surface area contributed by atoms with Crippen molar-refractivity contribution in [1.82, 2.24) is 15.3 Å². The van der Waals surface area contributed by atoms with Gasteiger partial charge in [-0.1, -0.05) is 42.5 Å². The fourth-order valence-corrected chi connectivity index (χ4v) is 3.58. The number of rotatable bonds is 9. The van der Waals surface area contributed by atoms with Gasteiger partial charge in [-0.15, -0.1) is 0 Å². The van der Waals surface area contributed by atoms with Gasteiger partial charge in [-0.25, -0.2) is 9.37 Å². The van der Waals surface area contributed by atoms with E-state index in [4.69, 9.17) is 10.7 Å². The molecule has 0 saturated carbocycles. The van der Waals surface area contributed by atoms with E-state index < -0.39 is 0 Å². The van der Waals surface area contributed by atoms with Crippen LogP contribution in [-0.4, -0.2) is 22.4 Å². The quantitative estimate of drug-likeness (QED) is 0.349. The van der Waals surface area contributed by atoms with E-state index in [1.165, 1.54) is 12.1 Å². The zero-order valence-corrected chi connectivity index (χ0v) is 18.7. The molecule has 0 aliphatic carbocycles. The summed E-state index contributed by atoms with van der Waals surface area (Å²) in [6.07, 6.45) is 2.27. The lowest BCUT2D eigenvalue weighted by molar-refractivity contribution is 0.0951. The van der Waals surface area contributed by atoms with E-state index in [0.717, 1.165) is 28.1 Å². The van der Waals surface area contributed by atoms with Crippen molar-refractivity contribution in [3.63, 3.8) is 0 Å². The van der Waals surface area contributed by atoms with Crippen LogP contribution in [0.2, 0.25) is 0 Å². The van der Waals surface area contributed by atoms with Gasteiger partial charge in [0.15, 0.2) is 0 Å². The van der Waals surface area contributed by atoms with E-state index in [-0.39, 0.29) is 18.3 Å². The SMILES string of the molecule is NCc1ccnc(CNC(=O)c2ccc(-c3ccccc3)nc2NCCc2cccc(F)c2)c1. The van der Waals surface area contributed by atoms with E-state index in [1.807, 2.05) is 54.6 Å². The number of benzene rings is 2. The second-order valence-corrected chi connectivity index (χ2v) is 7.81. The Morgan fingerprint density at radius 2 is 1.79 bits per heavy atom. The van der Waals surface area contributed by atoms with Gasteiger partial charge in [0.05, 0.1) is 23.5 Å². The standard InChI is InChI=1S/C27H26FN5O/c28-22-8-4-5-19(15-22)11-14-31-26-24(9-10-25(33-26)21-6-2-1-3-7-21)27(34)32-18-23-16-20(17-29)12-13-30-23/h1-10,12-13,15-16H,11,14,17-18,29H2,(H,31,33)(H,32,34). The summed E-state index contributed by atoms with van der Waals surface area (Å²) in [7, 11) is 0. The number of aromatic nitrogens is 2. The summed E-state index contributed by atoms with van der Waals surface area (Å²) in [6, 6.07) is 23.5. The van der Waals surface area contributed by atoms with Gasteiger partial charge >= 0.3 is 0 Å². The van der Waals surface area contributed by atoms with Gasteiger partial charge in [0.1, 0.15) is 11.6 Å². The number of nitrogens with one attached hydrogen (secondary N) is 2. The van der Waals surface area contributed by atoms with Crippen LogP contribution in [0.4, 0.5) is 10.2 Å². The van der Waals surface area contributed by atoms with Crippen molar-refractivity contribution in [1.29, 1.82) is 0 Å². The second-order valence-electron chi connectivity index (χ2n) is 7.81. The first-order chi connectivity index (χ1) is 16.6. The maximum Gasteiger partial charge on any atom is 0.255 e. The molecule has 0 aliphatic heterocycles. The average molecular weight is 456 g/mol. The summed E-state index contributed by atoms with van der Waals surface area (Å²) in [6.45, 7) is 1.18. The molecule has 2 aromatic carbocycles. The molecule has 0 fully saturated rings. The number of nitrogens with two attached hydrogens (primary N) is 1. The summed E-state index contributed by atoms with van der Waals surface area (Å²) >= 11 is 0. The highest BCUT2D eigenvalue weighted by atomic mass is 19.1. The highest BCUT2D eigenvalue weighted by Gasteiger charge is 2.15. The summed E-state index contributed by atoms with van der Waals surface area (Å²) in [5.41, 5.74) is 10.4. The molecule has 0 spiro atoms. The highest BCUT2D eigenvalue weighted by Crippen LogP contribution is 2.22. The van der Waals surface area contributed by atoms with E-state index in [1.54, 1.807) is 18.3 Å². The molecule has 0 radical (unpaired) electrons. The minimum Gasteiger partial charge on any atom is -0.369 e. The van der Waals surface area contributed by atoms with E-state index >= 15 is 0 Å². The molecule has 4 N–H and O–H groups in total. The summed E-state index contributed by atoms with van der Waals surface area (Å²) in [5.74, 6) is -0.0617. The van der Waals surface area contributed by atoms with Crippen LogP contribution >= 0.6 is 0 Å². The maximum atomic E-state index is 13.5. The molecule has 0 aliphatic rings. The average Bonchev–Trinajstić information content (AvgIpc) is 2.88. The van der Waals surface area contributed by atoms with Crippen molar-refractivity contribution in [2.24, 2.45) is 5.73 Å². The molecule has 0 atom stereocenters. The van der Waals surface area contributed by atoms with E-state index in [9.17, 15) is 9.18 Å². The van der Waals surface area contributed by atoms with Crippen molar-refractivity contribution < 1.29 is 9.18 Å². The Morgan fingerprint density at radius 1 is 0.941 bits per heavy atom. The summed E-state index contributed by atoms with van der Waals surface area (Å²) < 4.78 is 13.5. The fourth-order valence-electron chi connectivity index (χ4n) is 3.58. The predicted octanol–water partition coefficient (Wildman–Crippen LogP) is 4.33. The van der Waals surface area contributed by atoms with Gasteiger partial charge in [0.25, 0.3) is 5.91 Å². The zero-order chi connectivity index (χ0) is 23.8. The maximum absolute atomic E-state index is 13.5. The lowest BCUT2D eigenvalue weighted by Gasteiger charge is -2.14. The molecule has 0 unspecified atom stereocenters. The molecular weight excluding hydrogens is 429 g/mol. The van der Waals surface area contributed by atoms with E-state index in [2.05, 4.69) is 15.6 Å². The smallest absolute Gasteiger partial charge is 0.255 e. The monoisotopic (exact) mass is 455 g/mol. The van der Waals surface area contributed by atoms with Gasteiger partial charge in [-0.2, -0.15) is 0 Å². The van der Waals surface area contributed by atoms with Crippen LogP contribution in [0.5, 0.6) is 0 Å². The van der Waals surface area contributed by atoms with Crippen LogP contribution in [0.3, 0.4) is 0 Å². The van der Waals surface area contributed by atoms with Crippen LogP contribution in [0, 0.1) is 5.82 Å². The first-order valence-corrected chi connectivity index (χ1v) is 11.1. The number of carbonyl (C=O) groups excluding carboxylic acids is 1. The van der Waals surface area contributed by atoms with Crippen LogP contribution in [0.1, 0.15) is 27.2 Å². The van der Waals surface area contributed by atoms with Gasteiger partial charge < -0.3 is 16.4 Å². The first kappa shape index (κ1) is 23.1. The lowest BCUT2D eigenvalue weighted by atomic mass is 10.1. The molecule has 2 heterocycles. The molecule has 7 heteroatoms. The Kier molecular flexibility index (Phi) is 7.57. The third-order valence-corrected chi connectivity index (χ3v) is 5.35. The molecule has 4 aromatic rings. The molecule has 2 aromatic heterocycles. The Labute approximate surface area is 198 Å². The molecule has 0 bridgehead atoms. The van der Waals surface area contributed by atoms with Crippen molar-refractivity contribution in [3.8, 4) is 11.3 Å². The Hall–Kier alpha value is -4.10. The van der Waals surface area contributed by atoms with Crippen molar-refractivity contribution >= 4 is 11.7 Å².